The highest BCUT2D eigenvalue weighted by atomic mass is 35.5. The first-order valence-corrected chi connectivity index (χ1v) is 11.8. The van der Waals surface area contributed by atoms with E-state index in [1.165, 1.54) is 18.2 Å². The van der Waals surface area contributed by atoms with E-state index in [4.69, 9.17) is 39.5 Å². The Bertz CT molecular complexity index is 1640. The molecule has 0 spiro atoms. The van der Waals surface area contributed by atoms with Crippen LogP contribution >= 0.6 is 34.8 Å². The normalized spacial score (nSPS) is 14.4. The Morgan fingerprint density at radius 3 is 2.31 bits per heavy atom. The molecule has 1 aliphatic rings. The maximum absolute atomic E-state index is 13.4. The third kappa shape index (κ3) is 5.53. The zero-order valence-electron chi connectivity index (χ0n) is 19.4. The number of nitrogens with zero attached hydrogens (tertiary/aromatic N) is 3. The highest BCUT2D eigenvalue weighted by Gasteiger charge is 2.38. The molecule has 1 heterocycles. The molecule has 1 saturated heterocycles. The van der Waals surface area contributed by atoms with Crippen molar-refractivity contribution in [1.29, 1.82) is 0 Å². The van der Waals surface area contributed by atoms with Crippen LogP contribution in [0.1, 0.15) is 11.1 Å². The summed E-state index contributed by atoms with van der Waals surface area (Å²) in [6, 6.07) is 8.70. The van der Waals surface area contributed by atoms with Crippen LogP contribution in [0.5, 0.6) is 11.5 Å². The van der Waals surface area contributed by atoms with Gasteiger partial charge in [-0.1, -0.05) is 40.9 Å². The van der Waals surface area contributed by atoms with Gasteiger partial charge in [0.1, 0.15) is 5.57 Å². The monoisotopic (exact) mass is 590 g/mol. The van der Waals surface area contributed by atoms with Crippen molar-refractivity contribution in [3.05, 3.63) is 101 Å². The van der Waals surface area contributed by atoms with Crippen LogP contribution < -0.4 is 15.0 Å². The number of anilines is 1. The smallest absolute Gasteiger partial charge is 0.335 e. The summed E-state index contributed by atoms with van der Waals surface area (Å²) in [5.41, 5.74) is -1.23. The van der Waals surface area contributed by atoms with Crippen molar-refractivity contribution in [3.63, 3.8) is 0 Å². The number of amides is 4. The minimum Gasteiger partial charge on any atom is -0.448 e. The van der Waals surface area contributed by atoms with Gasteiger partial charge in [0, 0.05) is 21.7 Å². The average molecular weight is 592 g/mol. The van der Waals surface area contributed by atoms with Crippen LogP contribution in [0.25, 0.3) is 6.08 Å². The Morgan fingerprint density at radius 1 is 0.923 bits per heavy atom. The Balaban J connectivity index is 1.83. The van der Waals surface area contributed by atoms with E-state index in [1.54, 1.807) is 19.1 Å². The van der Waals surface area contributed by atoms with Gasteiger partial charge in [0.05, 0.1) is 26.6 Å². The Labute approximate surface area is 233 Å². The zero-order valence-corrected chi connectivity index (χ0v) is 21.7. The lowest BCUT2D eigenvalue weighted by Gasteiger charge is -2.27. The van der Waals surface area contributed by atoms with E-state index in [0.29, 0.717) is 11.6 Å². The van der Waals surface area contributed by atoms with Gasteiger partial charge in [0.25, 0.3) is 17.5 Å². The second kappa shape index (κ2) is 10.7. The third-order valence-corrected chi connectivity index (χ3v) is 6.15. The predicted molar refractivity (Wildman–Crippen MR) is 141 cm³/mol. The van der Waals surface area contributed by atoms with Gasteiger partial charge in [-0.3, -0.25) is 35.1 Å². The number of barbiturate groups is 1. The van der Waals surface area contributed by atoms with E-state index < -0.39 is 50.4 Å². The van der Waals surface area contributed by atoms with Crippen molar-refractivity contribution in [3.8, 4) is 11.5 Å². The molecule has 3 aromatic rings. The number of rotatable bonds is 6. The second-order valence-corrected chi connectivity index (χ2v) is 9.24. The fraction of sp³-hybridized carbons (Fsp3) is 0.0417. The van der Waals surface area contributed by atoms with Gasteiger partial charge in [0.2, 0.25) is 5.75 Å². The Hall–Kier alpha value is -4.52. The molecule has 4 amide bonds. The topological polar surface area (TPSA) is 162 Å². The molecule has 1 N–H and O–H groups in total. The summed E-state index contributed by atoms with van der Waals surface area (Å²) >= 11 is 18.5. The van der Waals surface area contributed by atoms with Gasteiger partial charge >= 0.3 is 11.7 Å². The Kier molecular flexibility index (Phi) is 7.54. The van der Waals surface area contributed by atoms with Crippen LogP contribution in [-0.2, 0) is 9.59 Å². The van der Waals surface area contributed by atoms with Gasteiger partial charge in [0.15, 0.2) is 5.75 Å². The highest BCUT2D eigenvalue weighted by molar-refractivity contribution is 6.40. The number of hydrogen-bond donors (Lipinski definition) is 1. The summed E-state index contributed by atoms with van der Waals surface area (Å²) in [7, 11) is 0. The van der Waals surface area contributed by atoms with E-state index in [2.05, 4.69) is 5.32 Å². The van der Waals surface area contributed by atoms with Gasteiger partial charge in [-0.15, -0.1) is 0 Å². The minimum atomic E-state index is -1.04. The number of nitro benzene ring substituents is 2. The van der Waals surface area contributed by atoms with E-state index in [9.17, 15) is 34.6 Å². The highest BCUT2D eigenvalue weighted by Crippen LogP contribution is 2.41. The molecule has 0 bridgehead atoms. The summed E-state index contributed by atoms with van der Waals surface area (Å²) < 4.78 is 5.66. The first-order chi connectivity index (χ1) is 18.4. The van der Waals surface area contributed by atoms with Crippen molar-refractivity contribution in [2.24, 2.45) is 0 Å². The molecule has 3 aromatic carbocycles. The number of urea groups is 1. The predicted octanol–water partition coefficient (Wildman–Crippen LogP) is 6.23. The number of nitrogens with one attached hydrogen (secondary N) is 1. The van der Waals surface area contributed by atoms with Crippen LogP contribution in [0.3, 0.4) is 0 Å². The molecular weight excluding hydrogens is 579 g/mol. The van der Waals surface area contributed by atoms with E-state index in [0.717, 1.165) is 23.1 Å². The lowest BCUT2D eigenvalue weighted by molar-refractivity contribution is -0.394. The molecule has 0 aliphatic carbocycles. The number of hydrogen-bond acceptors (Lipinski definition) is 8. The number of benzene rings is 3. The number of carbonyl (C=O) groups excluding carboxylic acids is 3. The number of ether oxygens (including phenoxy) is 1. The van der Waals surface area contributed by atoms with Crippen LogP contribution in [0.4, 0.5) is 21.9 Å². The Morgan fingerprint density at radius 2 is 1.64 bits per heavy atom. The van der Waals surface area contributed by atoms with Crippen LogP contribution in [0, 0.1) is 27.2 Å². The summed E-state index contributed by atoms with van der Waals surface area (Å²) in [6.07, 6.45) is 1.04. The van der Waals surface area contributed by atoms with E-state index in [1.807, 2.05) is 0 Å². The van der Waals surface area contributed by atoms with Crippen molar-refractivity contribution in [1.82, 2.24) is 5.32 Å². The van der Waals surface area contributed by atoms with Crippen molar-refractivity contribution in [2.75, 3.05) is 4.90 Å². The molecule has 198 valence electrons. The number of nitro groups is 2. The maximum atomic E-state index is 13.4. The molecule has 4 rings (SSSR count). The SMILES string of the molecule is Cc1ccc(Cl)cc1N1C(=O)NC(=O)/C(=C\c2cc(Cl)cc(Cl)c2Oc2ccc([N+](=O)[O-])cc2[N+](=O)[O-])C1=O. The summed E-state index contributed by atoms with van der Waals surface area (Å²) in [5.74, 6) is -2.71. The van der Waals surface area contributed by atoms with E-state index >= 15 is 0 Å². The fourth-order valence-electron chi connectivity index (χ4n) is 3.61. The molecule has 0 radical (unpaired) electrons. The molecule has 12 nitrogen and oxygen atoms in total. The van der Waals surface area contributed by atoms with Crippen LogP contribution in [0.2, 0.25) is 15.1 Å². The number of non-ortho nitro benzene ring substituents is 1. The van der Waals surface area contributed by atoms with Crippen molar-refractivity contribution >= 4 is 75.8 Å². The minimum absolute atomic E-state index is 0.0553. The number of halogens is 3. The molecule has 1 fully saturated rings. The molecule has 39 heavy (non-hydrogen) atoms. The van der Waals surface area contributed by atoms with Gasteiger partial charge in [-0.05, 0) is 48.9 Å². The molecular formula is C24H13Cl3N4O8. The van der Waals surface area contributed by atoms with Gasteiger partial charge < -0.3 is 4.74 Å². The number of carbonyl (C=O) groups is 3. The number of aryl methyl sites for hydroxylation is 1. The van der Waals surface area contributed by atoms with Crippen molar-refractivity contribution in [2.45, 2.75) is 6.92 Å². The van der Waals surface area contributed by atoms with Crippen LogP contribution in [-0.4, -0.2) is 27.7 Å². The molecule has 0 saturated carbocycles. The molecule has 0 aromatic heterocycles. The summed E-state index contributed by atoms with van der Waals surface area (Å²) in [6.45, 7) is 1.63. The van der Waals surface area contributed by atoms with Crippen molar-refractivity contribution < 1.29 is 29.0 Å². The number of imide groups is 2. The molecule has 15 heteroatoms. The van der Waals surface area contributed by atoms with E-state index in [-0.39, 0.29) is 32.1 Å². The lowest BCUT2D eigenvalue weighted by atomic mass is 10.0. The quantitative estimate of drug-likeness (QED) is 0.153. The van der Waals surface area contributed by atoms with Gasteiger partial charge in [-0.25, -0.2) is 9.69 Å². The van der Waals surface area contributed by atoms with Gasteiger partial charge in [-0.2, -0.15) is 0 Å². The van der Waals surface area contributed by atoms with Crippen LogP contribution in [0.15, 0.2) is 54.1 Å². The molecule has 1 aliphatic heterocycles. The maximum Gasteiger partial charge on any atom is 0.335 e. The second-order valence-electron chi connectivity index (χ2n) is 7.96. The molecule has 0 atom stereocenters. The molecule has 0 unspecified atom stereocenters. The lowest BCUT2D eigenvalue weighted by Crippen LogP contribution is -2.54. The first-order valence-electron chi connectivity index (χ1n) is 10.6. The summed E-state index contributed by atoms with van der Waals surface area (Å²) in [4.78, 5) is 60.3. The zero-order chi connectivity index (χ0) is 28.6. The largest absolute Gasteiger partial charge is 0.448 e. The third-order valence-electron chi connectivity index (χ3n) is 5.41. The standard InChI is InChI=1S/C24H13Cl3N4O8/c1-11-2-3-13(25)9-18(11)29-23(33)16(22(32)28-24(29)34)7-12-6-14(26)8-17(27)21(12)39-20-5-4-15(30(35)36)10-19(20)31(37)38/h2-10H,1H3,(H,28,32,34)/b16-7+. The first kappa shape index (κ1) is 27.5. The fourth-order valence-corrected chi connectivity index (χ4v) is 4.32. The summed E-state index contributed by atoms with van der Waals surface area (Å²) in [5, 5.41) is 24.8. The average Bonchev–Trinajstić information content (AvgIpc) is 2.85.